The average Bonchev–Trinajstić information content (AvgIpc) is 2.74. The number of carbonyl (C=O) groups excluding carboxylic acids is 2. The van der Waals surface area contributed by atoms with Gasteiger partial charge in [0.15, 0.2) is 5.78 Å². The van der Waals surface area contributed by atoms with Crippen molar-refractivity contribution < 1.29 is 30.0 Å². The molecule has 4 fully saturated rings. The van der Waals surface area contributed by atoms with Crippen LogP contribution in [0.25, 0.3) is 0 Å². The number of Topliss-reactive ketones (excluding diaryl/α,β-unsaturated/α-hetero) is 1. The second-order valence-corrected chi connectivity index (χ2v) is 9.22. The van der Waals surface area contributed by atoms with Crippen LogP contribution in [0.4, 0.5) is 0 Å². The Morgan fingerprint density at radius 1 is 1.15 bits per heavy atom. The number of aliphatic hydroxyl groups is 4. The third-order valence-electron chi connectivity index (χ3n) is 8.57. The minimum Gasteiger partial charge on any atom is -0.396 e. The van der Waals surface area contributed by atoms with Crippen LogP contribution in [0.1, 0.15) is 39.0 Å². The van der Waals surface area contributed by atoms with Gasteiger partial charge >= 0.3 is 0 Å². The fourth-order valence-corrected chi connectivity index (χ4v) is 7.27. The van der Waals surface area contributed by atoms with Gasteiger partial charge in [0.25, 0.3) is 0 Å². The van der Waals surface area contributed by atoms with E-state index in [0.717, 1.165) is 6.29 Å². The molecular formula is C20H28O6. The van der Waals surface area contributed by atoms with E-state index < -0.39 is 46.4 Å². The number of rotatable bonds is 2. The molecule has 26 heavy (non-hydrogen) atoms. The smallest absolute Gasteiger partial charge is 0.170 e. The summed E-state index contributed by atoms with van der Waals surface area (Å²) in [5.41, 5.74) is -2.96. The maximum atomic E-state index is 13.2. The zero-order valence-electron chi connectivity index (χ0n) is 15.1. The molecule has 4 rings (SSSR count). The lowest BCUT2D eigenvalue weighted by molar-refractivity contribution is -0.264. The maximum Gasteiger partial charge on any atom is 0.170 e. The summed E-state index contributed by atoms with van der Waals surface area (Å²) in [6.45, 7) is 5.30. The van der Waals surface area contributed by atoms with Gasteiger partial charge in [0.05, 0.1) is 30.3 Å². The molecule has 1 spiro atoms. The summed E-state index contributed by atoms with van der Waals surface area (Å²) in [6, 6.07) is 0. The van der Waals surface area contributed by atoms with E-state index in [1.165, 1.54) is 0 Å². The Hall–Kier alpha value is -1.08. The number of hydrogen-bond acceptors (Lipinski definition) is 6. The normalized spacial score (nSPS) is 56.0. The van der Waals surface area contributed by atoms with Gasteiger partial charge < -0.3 is 25.2 Å². The summed E-state index contributed by atoms with van der Waals surface area (Å²) < 4.78 is 0. The highest BCUT2D eigenvalue weighted by atomic mass is 16.3. The standard InChI is InChI=1S/C20H28O6/c1-10-11-3-4-12-19(9-22)13(18(2,8-21)6-5-14(19)23)7-15(24)20(12,16(10)25)17(11)26/h8,11-15,17,22-24,26H,1,3-7,9H2,2H3/t11-,12-,13+,14-,15+,17?,18+,19-,20-/m0/s1. The number of carbonyl (C=O) groups is 2. The van der Waals surface area contributed by atoms with Crippen LogP contribution in [0.5, 0.6) is 0 Å². The van der Waals surface area contributed by atoms with E-state index >= 15 is 0 Å². The van der Waals surface area contributed by atoms with Crippen molar-refractivity contribution in [2.24, 2.45) is 34.0 Å². The van der Waals surface area contributed by atoms with E-state index in [-0.39, 0.29) is 24.7 Å². The largest absolute Gasteiger partial charge is 0.396 e. The zero-order chi connectivity index (χ0) is 19.1. The monoisotopic (exact) mass is 364 g/mol. The van der Waals surface area contributed by atoms with Crippen molar-refractivity contribution in [1.29, 1.82) is 0 Å². The van der Waals surface area contributed by atoms with Gasteiger partial charge in [-0.15, -0.1) is 0 Å². The Bertz CT molecular complexity index is 675. The third-order valence-corrected chi connectivity index (χ3v) is 8.57. The van der Waals surface area contributed by atoms with Gasteiger partial charge in [-0.3, -0.25) is 4.79 Å². The first-order valence-corrected chi connectivity index (χ1v) is 9.56. The Balaban J connectivity index is 1.94. The molecule has 1 unspecified atom stereocenters. The average molecular weight is 364 g/mol. The van der Waals surface area contributed by atoms with Crippen LogP contribution in [0.2, 0.25) is 0 Å². The molecule has 9 atom stereocenters. The second kappa shape index (κ2) is 5.47. The fourth-order valence-electron chi connectivity index (χ4n) is 7.27. The highest BCUT2D eigenvalue weighted by Gasteiger charge is 2.76. The van der Waals surface area contributed by atoms with Crippen LogP contribution in [0, 0.1) is 34.0 Å². The lowest BCUT2D eigenvalue weighted by Gasteiger charge is -2.66. The minimum absolute atomic E-state index is 0.103. The summed E-state index contributed by atoms with van der Waals surface area (Å²) in [4.78, 5) is 25.1. The molecule has 0 aromatic carbocycles. The van der Waals surface area contributed by atoms with Crippen LogP contribution in [0.3, 0.4) is 0 Å². The number of hydrogen-bond donors (Lipinski definition) is 4. The highest BCUT2D eigenvalue weighted by Crippen LogP contribution is 2.70. The first-order chi connectivity index (χ1) is 12.2. The Labute approximate surface area is 152 Å². The molecule has 4 saturated carbocycles. The van der Waals surface area contributed by atoms with Gasteiger partial charge in [0.2, 0.25) is 0 Å². The summed E-state index contributed by atoms with van der Waals surface area (Å²) in [5, 5.41) is 43.6. The van der Waals surface area contributed by atoms with E-state index in [1.807, 2.05) is 6.92 Å². The van der Waals surface area contributed by atoms with E-state index in [2.05, 4.69) is 6.58 Å². The Kier molecular flexibility index (Phi) is 3.85. The predicted octanol–water partition coefficient (Wildman–Crippen LogP) is 0.218. The van der Waals surface area contributed by atoms with Crippen molar-refractivity contribution in [2.75, 3.05) is 6.61 Å². The summed E-state index contributed by atoms with van der Waals surface area (Å²) in [6.07, 6.45) is -0.223. The van der Waals surface area contributed by atoms with E-state index in [1.54, 1.807) is 0 Å². The van der Waals surface area contributed by atoms with Crippen molar-refractivity contribution in [1.82, 2.24) is 0 Å². The Morgan fingerprint density at radius 3 is 2.46 bits per heavy atom. The minimum atomic E-state index is -1.43. The molecule has 4 N–H and O–H groups in total. The van der Waals surface area contributed by atoms with Gasteiger partial charge in [0.1, 0.15) is 6.29 Å². The molecule has 0 aliphatic heterocycles. The molecule has 0 radical (unpaired) electrons. The molecule has 0 amide bonds. The molecule has 0 aromatic heterocycles. The molecule has 0 heterocycles. The van der Waals surface area contributed by atoms with Gasteiger partial charge in [0, 0.05) is 16.7 Å². The second-order valence-electron chi connectivity index (χ2n) is 9.22. The first-order valence-electron chi connectivity index (χ1n) is 9.56. The fraction of sp³-hybridized carbons (Fsp3) is 0.800. The van der Waals surface area contributed by atoms with Gasteiger partial charge in [-0.05, 0) is 49.5 Å². The maximum absolute atomic E-state index is 13.2. The number of aliphatic hydroxyl groups excluding tert-OH is 4. The van der Waals surface area contributed by atoms with Crippen molar-refractivity contribution in [3.05, 3.63) is 12.2 Å². The molecule has 4 aliphatic rings. The highest BCUT2D eigenvalue weighted by molar-refractivity contribution is 6.04. The van der Waals surface area contributed by atoms with E-state index in [0.29, 0.717) is 31.3 Å². The van der Waals surface area contributed by atoms with E-state index in [9.17, 15) is 30.0 Å². The molecule has 0 saturated heterocycles. The van der Waals surface area contributed by atoms with Crippen molar-refractivity contribution in [3.63, 3.8) is 0 Å². The van der Waals surface area contributed by atoms with Crippen molar-refractivity contribution in [2.45, 2.75) is 57.3 Å². The van der Waals surface area contributed by atoms with Crippen LogP contribution < -0.4 is 0 Å². The molecular weight excluding hydrogens is 336 g/mol. The lowest BCUT2D eigenvalue weighted by Crippen LogP contribution is -2.72. The molecule has 6 heteroatoms. The van der Waals surface area contributed by atoms with Crippen molar-refractivity contribution in [3.8, 4) is 0 Å². The summed E-state index contributed by atoms with van der Waals surface area (Å²) in [7, 11) is 0. The SMILES string of the molecule is C=C1C(=O)[C@]23C(O)[C@H]1CC[C@H]2[C@]1(CO)[C@@H](O)CC[C@](C)(C=O)[C@H]1C[C@H]3O. The lowest BCUT2D eigenvalue weighted by atomic mass is 9.38. The third kappa shape index (κ3) is 1.72. The topological polar surface area (TPSA) is 115 Å². The molecule has 144 valence electrons. The van der Waals surface area contributed by atoms with Crippen LogP contribution >= 0.6 is 0 Å². The summed E-state index contributed by atoms with van der Waals surface area (Å²) in [5.74, 6) is -1.74. The predicted molar refractivity (Wildman–Crippen MR) is 91.8 cm³/mol. The number of ketones is 1. The van der Waals surface area contributed by atoms with Crippen molar-refractivity contribution >= 4 is 12.1 Å². The Morgan fingerprint density at radius 2 is 1.85 bits per heavy atom. The van der Waals surface area contributed by atoms with Crippen LogP contribution in [-0.4, -0.2) is 57.4 Å². The molecule has 2 bridgehead atoms. The number of aldehydes is 1. The van der Waals surface area contributed by atoms with Crippen LogP contribution in [0.15, 0.2) is 12.2 Å². The van der Waals surface area contributed by atoms with Gasteiger partial charge in [-0.1, -0.05) is 13.5 Å². The van der Waals surface area contributed by atoms with Crippen LogP contribution in [-0.2, 0) is 9.59 Å². The molecule has 6 nitrogen and oxygen atoms in total. The van der Waals surface area contributed by atoms with Gasteiger partial charge in [-0.2, -0.15) is 0 Å². The summed E-state index contributed by atoms with van der Waals surface area (Å²) >= 11 is 0. The van der Waals surface area contributed by atoms with E-state index in [4.69, 9.17) is 0 Å². The quantitative estimate of drug-likeness (QED) is 0.412. The zero-order valence-corrected chi connectivity index (χ0v) is 15.1. The molecule has 4 aliphatic carbocycles. The van der Waals surface area contributed by atoms with Gasteiger partial charge in [-0.25, -0.2) is 0 Å². The molecule has 0 aromatic rings. The first kappa shape index (κ1) is 18.3. The number of fused-ring (bicyclic) bond motifs is 3.